The van der Waals surface area contributed by atoms with Crippen molar-refractivity contribution in [3.8, 4) is 11.4 Å². The SMILES string of the molecule is Cc1cc(/C=N/NC(=O)COc2ccc(C3SCCS3)cc2)c(C)n1-c1ccc(Cl)c(Cl)c1. The molecule has 4 rings (SSSR count). The molecule has 0 bridgehead atoms. The lowest BCUT2D eigenvalue weighted by atomic mass is 10.2. The molecule has 1 amide bonds. The van der Waals surface area contributed by atoms with E-state index in [9.17, 15) is 4.79 Å². The first-order valence-electron chi connectivity index (χ1n) is 10.3. The maximum absolute atomic E-state index is 12.1. The summed E-state index contributed by atoms with van der Waals surface area (Å²) in [5.41, 5.74) is 7.58. The van der Waals surface area contributed by atoms with Gasteiger partial charge in [-0.25, -0.2) is 5.43 Å². The van der Waals surface area contributed by atoms with Crippen LogP contribution < -0.4 is 10.2 Å². The van der Waals surface area contributed by atoms with Crippen LogP contribution in [-0.4, -0.2) is 34.8 Å². The first kappa shape index (κ1) is 24.1. The molecule has 0 saturated carbocycles. The maximum Gasteiger partial charge on any atom is 0.277 e. The minimum absolute atomic E-state index is 0.105. The van der Waals surface area contributed by atoms with Crippen LogP contribution in [0.2, 0.25) is 10.0 Å². The Kier molecular flexibility index (Phi) is 7.96. The monoisotopic (exact) mass is 519 g/mol. The summed E-state index contributed by atoms with van der Waals surface area (Å²) in [5, 5.41) is 5.10. The molecule has 33 heavy (non-hydrogen) atoms. The van der Waals surface area contributed by atoms with Gasteiger partial charge in [-0.2, -0.15) is 5.10 Å². The Morgan fingerprint density at radius 2 is 1.85 bits per heavy atom. The molecule has 5 nitrogen and oxygen atoms in total. The number of amides is 1. The molecule has 0 spiro atoms. The number of thioether (sulfide) groups is 2. The molecule has 1 saturated heterocycles. The number of halogens is 2. The predicted molar refractivity (Wildman–Crippen MR) is 141 cm³/mol. The molecule has 2 aromatic carbocycles. The summed E-state index contributed by atoms with van der Waals surface area (Å²) < 4.78 is 8.14. The molecule has 2 heterocycles. The lowest BCUT2D eigenvalue weighted by molar-refractivity contribution is -0.123. The standard InChI is InChI=1S/C24H23Cl2N3O2S2/c1-15-11-18(16(2)29(15)19-5-8-21(25)22(26)12-19)13-27-28-23(30)14-31-20-6-3-17(4-7-20)24-32-9-10-33-24/h3-8,11-13,24H,9-10,14H2,1-2H3,(H,28,30)/b27-13+. The third-order valence-corrected chi connectivity index (χ3v) is 9.01. The molecule has 1 fully saturated rings. The molecule has 0 atom stereocenters. The molecular weight excluding hydrogens is 497 g/mol. The number of nitrogens with one attached hydrogen (secondary N) is 1. The minimum atomic E-state index is -0.324. The maximum atomic E-state index is 12.1. The fourth-order valence-electron chi connectivity index (χ4n) is 3.57. The normalized spacial score (nSPS) is 14.2. The third-order valence-electron chi connectivity index (χ3n) is 5.17. The number of hydrogen-bond donors (Lipinski definition) is 1. The van der Waals surface area contributed by atoms with Gasteiger partial charge in [-0.3, -0.25) is 4.79 Å². The summed E-state index contributed by atoms with van der Waals surface area (Å²) in [4.78, 5) is 12.1. The number of carbonyl (C=O) groups excluding carboxylic acids is 1. The lowest BCUT2D eigenvalue weighted by Crippen LogP contribution is -2.24. The van der Waals surface area contributed by atoms with Crippen molar-refractivity contribution in [1.82, 2.24) is 9.99 Å². The zero-order valence-corrected chi connectivity index (χ0v) is 21.3. The van der Waals surface area contributed by atoms with E-state index in [0.29, 0.717) is 20.4 Å². The molecule has 172 valence electrons. The van der Waals surface area contributed by atoms with Gasteiger partial charge in [0.25, 0.3) is 5.91 Å². The Morgan fingerprint density at radius 3 is 2.55 bits per heavy atom. The van der Waals surface area contributed by atoms with E-state index in [-0.39, 0.29) is 12.5 Å². The van der Waals surface area contributed by atoms with Gasteiger partial charge in [-0.05, 0) is 55.8 Å². The van der Waals surface area contributed by atoms with Crippen molar-refractivity contribution in [3.63, 3.8) is 0 Å². The number of aryl methyl sites for hydroxylation is 1. The van der Waals surface area contributed by atoms with Crippen LogP contribution >= 0.6 is 46.7 Å². The Morgan fingerprint density at radius 1 is 1.12 bits per heavy atom. The second kappa shape index (κ2) is 10.9. The van der Waals surface area contributed by atoms with Crippen LogP contribution in [0.4, 0.5) is 0 Å². The van der Waals surface area contributed by atoms with Gasteiger partial charge < -0.3 is 9.30 Å². The first-order chi connectivity index (χ1) is 15.9. The van der Waals surface area contributed by atoms with Gasteiger partial charge in [-0.15, -0.1) is 23.5 Å². The summed E-state index contributed by atoms with van der Waals surface area (Å²) in [6.07, 6.45) is 1.62. The van der Waals surface area contributed by atoms with Crippen LogP contribution in [0.1, 0.15) is 27.1 Å². The van der Waals surface area contributed by atoms with Crippen molar-refractivity contribution in [3.05, 3.63) is 81.1 Å². The van der Waals surface area contributed by atoms with Crippen LogP contribution in [0, 0.1) is 13.8 Å². The van der Waals surface area contributed by atoms with E-state index in [0.717, 1.165) is 22.6 Å². The first-order valence-corrected chi connectivity index (χ1v) is 13.2. The highest BCUT2D eigenvalue weighted by Crippen LogP contribution is 2.45. The Balaban J connectivity index is 1.32. The van der Waals surface area contributed by atoms with Crippen molar-refractivity contribution in [2.45, 2.75) is 18.4 Å². The lowest BCUT2D eigenvalue weighted by Gasteiger charge is -2.10. The second-order valence-corrected chi connectivity index (χ2v) is 11.0. The molecule has 1 aliphatic rings. The van der Waals surface area contributed by atoms with Crippen LogP contribution in [0.25, 0.3) is 5.69 Å². The topological polar surface area (TPSA) is 55.6 Å². The largest absolute Gasteiger partial charge is 0.484 e. The van der Waals surface area contributed by atoms with E-state index in [4.69, 9.17) is 27.9 Å². The van der Waals surface area contributed by atoms with Crippen LogP contribution in [0.15, 0.2) is 53.6 Å². The van der Waals surface area contributed by atoms with Gasteiger partial charge in [0.2, 0.25) is 0 Å². The summed E-state index contributed by atoms with van der Waals surface area (Å²) in [6.45, 7) is 3.87. The molecule has 0 unspecified atom stereocenters. The van der Waals surface area contributed by atoms with Crippen molar-refractivity contribution < 1.29 is 9.53 Å². The van der Waals surface area contributed by atoms with Crippen molar-refractivity contribution >= 4 is 58.8 Å². The number of hydrazone groups is 1. The number of aromatic nitrogens is 1. The highest BCUT2D eigenvalue weighted by atomic mass is 35.5. The Hall–Kier alpha value is -2.06. The summed E-state index contributed by atoms with van der Waals surface area (Å²) in [7, 11) is 0. The Labute approximate surface area is 211 Å². The van der Waals surface area contributed by atoms with Crippen molar-refractivity contribution in [2.75, 3.05) is 18.1 Å². The van der Waals surface area contributed by atoms with Crippen LogP contribution in [0.5, 0.6) is 5.75 Å². The number of rotatable bonds is 7. The van der Waals surface area contributed by atoms with Crippen molar-refractivity contribution in [2.24, 2.45) is 5.10 Å². The zero-order chi connectivity index (χ0) is 23.4. The van der Waals surface area contributed by atoms with Gasteiger partial charge in [0.1, 0.15) is 5.75 Å². The van der Waals surface area contributed by atoms with Gasteiger partial charge in [0, 0.05) is 34.1 Å². The predicted octanol–water partition coefficient (Wildman–Crippen LogP) is 6.41. The van der Waals surface area contributed by atoms with Gasteiger partial charge >= 0.3 is 0 Å². The molecule has 1 aromatic heterocycles. The molecule has 9 heteroatoms. The third kappa shape index (κ3) is 5.90. The number of carbonyl (C=O) groups is 1. The average Bonchev–Trinajstić information content (AvgIpc) is 3.43. The van der Waals surface area contributed by atoms with Gasteiger partial charge in [0.15, 0.2) is 6.61 Å². The average molecular weight is 521 g/mol. The number of hydrogen-bond acceptors (Lipinski definition) is 5. The minimum Gasteiger partial charge on any atom is -0.484 e. The summed E-state index contributed by atoms with van der Waals surface area (Å²) >= 11 is 16.1. The quantitative estimate of drug-likeness (QED) is 0.289. The fourth-order valence-corrected chi connectivity index (χ4v) is 6.72. The summed E-state index contributed by atoms with van der Waals surface area (Å²) in [5.74, 6) is 2.72. The van der Waals surface area contributed by atoms with E-state index in [1.807, 2.05) is 67.7 Å². The van der Waals surface area contributed by atoms with Gasteiger partial charge in [-0.1, -0.05) is 35.3 Å². The smallest absolute Gasteiger partial charge is 0.277 e. The molecular formula is C24H23Cl2N3O2S2. The molecule has 0 aliphatic carbocycles. The summed E-state index contributed by atoms with van der Waals surface area (Å²) in [6, 6.07) is 15.4. The second-order valence-electron chi connectivity index (χ2n) is 7.48. The van der Waals surface area contributed by atoms with Crippen LogP contribution in [-0.2, 0) is 4.79 Å². The fraction of sp³-hybridized carbons (Fsp3) is 0.250. The van der Waals surface area contributed by atoms with Gasteiger partial charge in [0.05, 0.1) is 20.8 Å². The molecule has 0 radical (unpaired) electrons. The number of nitrogens with zero attached hydrogens (tertiary/aromatic N) is 2. The number of benzene rings is 2. The molecule has 1 aliphatic heterocycles. The van der Waals surface area contributed by atoms with Crippen molar-refractivity contribution in [1.29, 1.82) is 0 Å². The number of ether oxygens (including phenoxy) is 1. The Bertz CT molecular complexity index is 1170. The van der Waals surface area contributed by atoms with E-state index in [1.54, 1.807) is 12.3 Å². The van der Waals surface area contributed by atoms with E-state index >= 15 is 0 Å². The van der Waals surface area contributed by atoms with E-state index < -0.39 is 0 Å². The zero-order valence-electron chi connectivity index (χ0n) is 18.2. The molecule has 3 aromatic rings. The van der Waals surface area contributed by atoms with E-state index in [1.165, 1.54) is 17.1 Å². The van der Waals surface area contributed by atoms with E-state index in [2.05, 4.69) is 27.2 Å². The highest BCUT2D eigenvalue weighted by molar-refractivity contribution is 8.19. The van der Waals surface area contributed by atoms with Crippen LogP contribution in [0.3, 0.4) is 0 Å². The highest BCUT2D eigenvalue weighted by Gasteiger charge is 2.18. The molecule has 1 N–H and O–H groups in total.